The van der Waals surface area contributed by atoms with Crippen molar-refractivity contribution in [3.05, 3.63) is 42.9 Å². The molecule has 0 radical (unpaired) electrons. The van der Waals surface area contributed by atoms with Crippen LogP contribution >= 0.6 is 0 Å². The van der Waals surface area contributed by atoms with Gasteiger partial charge in [0.2, 0.25) is 11.9 Å². The highest BCUT2D eigenvalue weighted by Crippen LogP contribution is 2.21. The van der Waals surface area contributed by atoms with E-state index in [1.54, 1.807) is 10.9 Å². The van der Waals surface area contributed by atoms with E-state index in [0.29, 0.717) is 5.69 Å². The zero-order chi connectivity index (χ0) is 15.5. The van der Waals surface area contributed by atoms with Gasteiger partial charge in [-0.05, 0) is 18.2 Å². The number of nitrogens with two attached hydrogens (primary N) is 1. The Morgan fingerprint density at radius 3 is 2.86 bits per heavy atom. The SMILES string of the molecule is Cn1nccc1-c1cccc(NC(=O)Cn2ncnc2N)c1. The lowest BCUT2D eigenvalue weighted by Gasteiger charge is -2.08. The molecule has 22 heavy (non-hydrogen) atoms. The Morgan fingerprint density at radius 2 is 2.18 bits per heavy atom. The van der Waals surface area contributed by atoms with Gasteiger partial charge in [-0.2, -0.15) is 10.2 Å². The first-order valence-corrected chi connectivity index (χ1v) is 6.65. The molecule has 3 N–H and O–H groups in total. The predicted molar refractivity (Wildman–Crippen MR) is 81.7 cm³/mol. The van der Waals surface area contributed by atoms with E-state index in [1.807, 2.05) is 37.4 Å². The van der Waals surface area contributed by atoms with Crippen LogP contribution in [0.1, 0.15) is 0 Å². The molecule has 0 aliphatic heterocycles. The summed E-state index contributed by atoms with van der Waals surface area (Å²) in [6.07, 6.45) is 3.04. The van der Waals surface area contributed by atoms with E-state index < -0.39 is 0 Å². The lowest BCUT2D eigenvalue weighted by Crippen LogP contribution is -2.20. The summed E-state index contributed by atoms with van der Waals surface area (Å²) in [5, 5.41) is 10.8. The van der Waals surface area contributed by atoms with Crippen LogP contribution in [0.25, 0.3) is 11.3 Å². The van der Waals surface area contributed by atoms with Crippen molar-refractivity contribution in [1.29, 1.82) is 0 Å². The summed E-state index contributed by atoms with van der Waals surface area (Å²) in [5.41, 5.74) is 8.22. The fourth-order valence-corrected chi connectivity index (χ4v) is 2.14. The van der Waals surface area contributed by atoms with Crippen molar-refractivity contribution in [1.82, 2.24) is 24.5 Å². The van der Waals surface area contributed by atoms with E-state index in [-0.39, 0.29) is 18.4 Å². The molecule has 0 bridgehead atoms. The molecular weight excluding hydrogens is 282 g/mol. The molecule has 1 amide bonds. The first kappa shape index (κ1) is 13.8. The number of carbonyl (C=O) groups excluding carboxylic acids is 1. The van der Waals surface area contributed by atoms with Gasteiger partial charge in [-0.3, -0.25) is 9.48 Å². The Hall–Kier alpha value is -3.16. The largest absolute Gasteiger partial charge is 0.368 e. The number of nitrogens with one attached hydrogen (secondary N) is 1. The minimum absolute atomic E-state index is 0.0156. The number of carbonyl (C=O) groups is 1. The molecule has 0 saturated heterocycles. The number of anilines is 2. The summed E-state index contributed by atoms with van der Waals surface area (Å²) in [4.78, 5) is 15.8. The quantitative estimate of drug-likeness (QED) is 0.744. The Kier molecular flexibility index (Phi) is 3.57. The van der Waals surface area contributed by atoms with Crippen LogP contribution in [-0.2, 0) is 18.4 Å². The summed E-state index contributed by atoms with van der Waals surface area (Å²) < 4.78 is 3.11. The molecule has 2 heterocycles. The first-order valence-electron chi connectivity index (χ1n) is 6.65. The van der Waals surface area contributed by atoms with Gasteiger partial charge in [0, 0.05) is 24.5 Å². The van der Waals surface area contributed by atoms with E-state index in [4.69, 9.17) is 5.73 Å². The lowest BCUT2D eigenvalue weighted by atomic mass is 10.1. The van der Waals surface area contributed by atoms with Crippen molar-refractivity contribution in [3.8, 4) is 11.3 Å². The Labute approximate surface area is 126 Å². The van der Waals surface area contributed by atoms with Crippen molar-refractivity contribution < 1.29 is 4.79 Å². The Balaban J connectivity index is 1.74. The van der Waals surface area contributed by atoms with Crippen LogP contribution in [-0.4, -0.2) is 30.5 Å². The topological polar surface area (TPSA) is 104 Å². The van der Waals surface area contributed by atoms with Crippen LogP contribution in [0.3, 0.4) is 0 Å². The first-order chi connectivity index (χ1) is 10.6. The van der Waals surface area contributed by atoms with Gasteiger partial charge >= 0.3 is 0 Å². The molecule has 8 heteroatoms. The molecule has 3 aromatic rings. The number of nitrogens with zero attached hydrogens (tertiary/aromatic N) is 5. The summed E-state index contributed by atoms with van der Waals surface area (Å²) >= 11 is 0. The van der Waals surface area contributed by atoms with Gasteiger partial charge in [0.15, 0.2) is 0 Å². The fourth-order valence-electron chi connectivity index (χ4n) is 2.14. The Morgan fingerprint density at radius 1 is 1.32 bits per heavy atom. The zero-order valence-corrected chi connectivity index (χ0v) is 12.0. The van der Waals surface area contributed by atoms with E-state index in [2.05, 4.69) is 20.5 Å². The molecule has 0 saturated carbocycles. The summed E-state index contributed by atoms with van der Waals surface area (Å²) in [6.45, 7) is 0.0156. The molecule has 0 aliphatic rings. The van der Waals surface area contributed by atoms with Crippen LogP contribution in [0.4, 0.5) is 11.6 Å². The number of hydrogen-bond donors (Lipinski definition) is 2. The second-order valence-electron chi connectivity index (χ2n) is 4.74. The molecule has 0 fully saturated rings. The lowest BCUT2D eigenvalue weighted by molar-refractivity contribution is -0.116. The molecule has 1 aromatic carbocycles. The van der Waals surface area contributed by atoms with Crippen molar-refractivity contribution in [2.45, 2.75) is 6.54 Å². The van der Waals surface area contributed by atoms with Gasteiger partial charge in [0.25, 0.3) is 0 Å². The highest BCUT2D eigenvalue weighted by molar-refractivity contribution is 5.91. The number of hydrogen-bond acceptors (Lipinski definition) is 5. The van der Waals surface area contributed by atoms with Gasteiger partial charge < -0.3 is 11.1 Å². The number of rotatable bonds is 4. The minimum atomic E-state index is -0.223. The molecule has 0 aliphatic carbocycles. The standard InChI is InChI=1S/C14H15N7O/c1-20-12(5-6-17-20)10-3-2-4-11(7-10)19-13(22)8-21-14(15)16-9-18-21/h2-7,9H,8H2,1H3,(H,19,22)(H2,15,16,18). The molecule has 8 nitrogen and oxygen atoms in total. The second-order valence-corrected chi connectivity index (χ2v) is 4.74. The smallest absolute Gasteiger partial charge is 0.246 e. The second kappa shape index (κ2) is 5.68. The third-order valence-corrected chi connectivity index (χ3v) is 3.20. The molecule has 2 aromatic heterocycles. The van der Waals surface area contributed by atoms with Crippen molar-refractivity contribution in [2.24, 2.45) is 7.05 Å². The van der Waals surface area contributed by atoms with E-state index >= 15 is 0 Å². The van der Waals surface area contributed by atoms with Crippen LogP contribution in [0.15, 0.2) is 42.9 Å². The van der Waals surface area contributed by atoms with Crippen molar-refractivity contribution in [3.63, 3.8) is 0 Å². The molecule has 0 spiro atoms. The number of benzene rings is 1. The number of aromatic nitrogens is 5. The number of amides is 1. The summed E-state index contributed by atoms with van der Waals surface area (Å²) in [7, 11) is 1.87. The number of aryl methyl sites for hydroxylation is 1. The number of nitrogen functional groups attached to an aromatic ring is 1. The van der Waals surface area contributed by atoms with E-state index in [1.165, 1.54) is 11.0 Å². The average Bonchev–Trinajstić information content (AvgIpc) is 3.08. The van der Waals surface area contributed by atoms with Gasteiger partial charge in [0.1, 0.15) is 12.9 Å². The summed E-state index contributed by atoms with van der Waals surface area (Å²) in [6, 6.07) is 9.46. The predicted octanol–water partition coefficient (Wildman–Crippen LogP) is 0.899. The summed E-state index contributed by atoms with van der Waals surface area (Å²) in [5.74, 6) is -0.0156. The van der Waals surface area contributed by atoms with Gasteiger partial charge in [-0.1, -0.05) is 12.1 Å². The van der Waals surface area contributed by atoms with Crippen LogP contribution in [0.2, 0.25) is 0 Å². The third kappa shape index (κ3) is 2.80. The normalized spacial score (nSPS) is 10.6. The minimum Gasteiger partial charge on any atom is -0.368 e. The van der Waals surface area contributed by atoms with Crippen molar-refractivity contribution >= 4 is 17.5 Å². The fraction of sp³-hybridized carbons (Fsp3) is 0.143. The molecule has 0 atom stereocenters. The molecule has 3 rings (SSSR count). The average molecular weight is 297 g/mol. The van der Waals surface area contributed by atoms with Crippen LogP contribution in [0, 0.1) is 0 Å². The maximum atomic E-state index is 12.0. The molecule has 112 valence electrons. The van der Waals surface area contributed by atoms with Crippen LogP contribution < -0.4 is 11.1 Å². The highest BCUT2D eigenvalue weighted by atomic mass is 16.2. The Bertz CT molecular complexity index is 805. The van der Waals surface area contributed by atoms with E-state index in [0.717, 1.165) is 11.3 Å². The van der Waals surface area contributed by atoms with E-state index in [9.17, 15) is 4.79 Å². The maximum absolute atomic E-state index is 12.0. The van der Waals surface area contributed by atoms with Gasteiger partial charge in [-0.25, -0.2) is 9.67 Å². The van der Waals surface area contributed by atoms with Gasteiger partial charge in [0.05, 0.1) is 5.69 Å². The monoisotopic (exact) mass is 297 g/mol. The molecular formula is C14H15N7O. The maximum Gasteiger partial charge on any atom is 0.246 e. The van der Waals surface area contributed by atoms with Crippen molar-refractivity contribution in [2.75, 3.05) is 11.1 Å². The third-order valence-electron chi connectivity index (χ3n) is 3.20. The zero-order valence-electron chi connectivity index (χ0n) is 12.0. The highest BCUT2D eigenvalue weighted by Gasteiger charge is 2.08. The van der Waals surface area contributed by atoms with Gasteiger partial charge in [-0.15, -0.1) is 0 Å². The van der Waals surface area contributed by atoms with Crippen LogP contribution in [0.5, 0.6) is 0 Å². The molecule has 0 unspecified atom stereocenters.